The number of hydrogen-bond acceptors (Lipinski definition) is 4. The molecule has 32 heavy (non-hydrogen) atoms. The van der Waals surface area contributed by atoms with E-state index in [1.54, 1.807) is 0 Å². The van der Waals surface area contributed by atoms with Crippen molar-refractivity contribution in [2.45, 2.75) is 116 Å². The van der Waals surface area contributed by atoms with Crippen molar-refractivity contribution in [1.82, 2.24) is 0 Å². The summed E-state index contributed by atoms with van der Waals surface area (Å²) in [5.41, 5.74) is 1.70. The van der Waals surface area contributed by atoms with Crippen LogP contribution in [0, 0.1) is 28.6 Å². The van der Waals surface area contributed by atoms with Crippen LogP contribution in [0.4, 0.5) is 0 Å². The highest BCUT2D eigenvalue weighted by Crippen LogP contribution is 2.68. The van der Waals surface area contributed by atoms with E-state index < -0.39 is 14.1 Å². The van der Waals surface area contributed by atoms with E-state index in [1.807, 2.05) is 0 Å². The zero-order valence-corrected chi connectivity index (χ0v) is 22.5. The minimum Gasteiger partial charge on any atom is -0.414 e. The summed E-state index contributed by atoms with van der Waals surface area (Å²) in [5.74, 6) is 0.959. The summed E-state index contributed by atoms with van der Waals surface area (Å²) in [5, 5.41) is 11.7. The quantitative estimate of drug-likeness (QED) is 0.401. The van der Waals surface area contributed by atoms with Gasteiger partial charge in [-0.3, -0.25) is 0 Å². The highest BCUT2D eigenvalue weighted by atomic mass is 28.4. The molecule has 0 amide bonds. The molecule has 0 radical (unpaired) electrons. The molecule has 3 saturated carbocycles. The fraction of sp³-hybridized carbons (Fsp3) is 0.926. The molecule has 0 aromatic rings. The molecule has 4 unspecified atom stereocenters. The SMILES string of the molecule is CC(C)(C)[Si](C)(C)O[C@H]1CC[C@@]2(C)C(=CC(O)C3C2CC[C@@]2(C)C3CCC23OCCO3)C1. The highest BCUT2D eigenvalue weighted by Gasteiger charge is 2.67. The second kappa shape index (κ2) is 7.40. The number of hydrogen-bond donors (Lipinski definition) is 1. The minimum absolute atomic E-state index is 0.0238. The van der Waals surface area contributed by atoms with Gasteiger partial charge in [0, 0.05) is 17.9 Å². The van der Waals surface area contributed by atoms with Crippen LogP contribution in [0.1, 0.15) is 79.6 Å². The molecule has 5 heteroatoms. The molecule has 5 aliphatic rings. The van der Waals surface area contributed by atoms with E-state index in [9.17, 15) is 5.11 Å². The summed E-state index contributed by atoms with van der Waals surface area (Å²) in [7, 11) is -1.79. The normalized spacial score (nSPS) is 45.9. The number of ether oxygens (including phenoxy) is 2. The second-order valence-corrected chi connectivity index (χ2v) is 18.3. The number of aliphatic hydroxyl groups excluding tert-OH is 1. The van der Waals surface area contributed by atoms with Crippen LogP contribution in [0.3, 0.4) is 0 Å². The molecule has 4 fully saturated rings. The molecule has 0 bridgehead atoms. The Balaban J connectivity index is 1.40. The molecular weight excluding hydrogens is 416 g/mol. The predicted octanol–water partition coefficient (Wildman–Crippen LogP) is 6.05. The third-order valence-corrected chi connectivity index (χ3v) is 15.7. The van der Waals surface area contributed by atoms with Gasteiger partial charge in [-0.05, 0) is 79.8 Å². The summed E-state index contributed by atoms with van der Waals surface area (Å²) in [6.07, 6.45) is 9.98. The Labute approximate surface area is 196 Å². The van der Waals surface area contributed by atoms with Crippen molar-refractivity contribution in [1.29, 1.82) is 0 Å². The topological polar surface area (TPSA) is 47.9 Å². The standard InChI is InChI=1S/C27H46O4Si/c1-24(2,3)32(6,7)31-19-8-11-25(4)18(16-19)17-22(28)23-20(25)9-12-26(5)21(23)10-13-27(26)29-14-15-30-27/h17,19-23,28H,8-16H2,1-7H3/t19-,20?,21?,22?,23?,25-,26-/m0/s1. The first-order valence-corrected chi connectivity index (χ1v) is 16.1. The summed E-state index contributed by atoms with van der Waals surface area (Å²) in [4.78, 5) is 0. The maximum Gasteiger partial charge on any atom is 0.192 e. The lowest BCUT2D eigenvalue weighted by atomic mass is 9.47. The van der Waals surface area contributed by atoms with Gasteiger partial charge in [-0.15, -0.1) is 0 Å². The van der Waals surface area contributed by atoms with Crippen molar-refractivity contribution in [3.05, 3.63) is 11.6 Å². The summed E-state index contributed by atoms with van der Waals surface area (Å²) >= 11 is 0. The van der Waals surface area contributed by atoms with Crippen molar-refractivity contribution in [2.24, 2.45) is 28.6 Å². The van der Waals surface area contributed by atoms with Gasteiger partial charge in [-0.1, -0.05) is 46.3 Å². The maximum atomic E-state index is 11.5. The van der Waals surface area contributed by atoms with Gasteiger partial charge in [0.1, 0.15) is 0 Å². The Morgan fingerprint density at radius 3 is 2.31 bits per heavy atom. The molecule has 4 nitrogen and oxygen atoms in total. The largest absolute Gasteiger partial charge is 0.414 e. The summed E-state index contributed by atoms with van der Waals surface area (Å²) in [6.45, 7) is 18.0. The highest BCUT2D eigenvalue weighted by molar-refractivity contribution is 6.74. The maximum absolute atomic E-state index is 11.5. The molecule has 7 atom stereocenters. The van der Waals surface area contributed by atoms with Gasteiger partial charge in [-0.25, -0.2) is 0 Å². The van der Waals surface area contributed by atoms with Crippen LogP contribution < -0.4 is 0 Å². The first kappa shape index (κ1) is 23.5. The lowest BCUT2D eigenvalue weighted by molar-refractivity contribution is -0.246. The van der Waals surface area contributed by atoms with Crippen LogP contribution in [-0.2, 0) is 13.9 Å². The lowest BCUT2D eigenvalue weighted by Crippen LogP contribution is -2.58. The smallest absolute Gasteiger partial charge is 0.192 e. The molecule has 1 saturated heterocycles. The van der Waals surface area contributed by atoms with Crippen molar-refractivity contribution < 1.29 is 19.0 Å². The fourth-order valence-electron chi connectivity index (χ4n) is 8.20. The van der Waals surface area contributed by atoms with E-state index in [2.05, 4.69) is 53.8 Å². The second-order valence-electron chi connectivity index (χ2n) is 13.6. The van der Waals surface area contributed by atoms with Crippen molar-refractivity contribution in [3.63, 3.8) is 0 Å². The van der Waals surface area contributed by atoms with Crippen molar-refractivity contribution in [3.8, 4) is 0 Å². The van der Waals surface area contributed by atoms with E-state index in [0.717, 1.165) is 45.3 Å². The predicted molar refractivity (Wildman–Crippen MR) is 130 cm³/mol. The first-order chi connectivity index (χ1) is 14.8. The van der Waals surface area contributed by atoms with Crippen molar-refractivity contribution >= 4 is 8.32 Å². The van der Waals surface area contributed by atoms with E-state index in [1.165, 1.54) is 18.4 Å². The monoisotopic (exact) mass is 462 g/mol. The Morgan fingerprint density at radius 2 is 1.66 bits per heavy atom. The average molecular weight is 463 g/mol. The number of rotatable bonds is 2. The van der Waals surface area contributed by atoms with Gasteiger partial charge in [0.15, 0.2) is 14.1 Å². The van der Waals surface area contributed by atoms with Crippen LogP contribution in [0.25, 0.3) is 0 Å². The molecule has 1 aliphatic heterocycles. The molecular formula is C27H46O4Si. The zero-order valence-electron chi connectivity index (χ0n) is 21.5. The molecule has 0 aromatic heterocycles. The van der Waals surface area contributed by atoms with Crippen LogP contribution in [0.2, 0.25) is 18.1 Å². The van der Waals surface area contributed by atoms with Gasteiger partial charge in [0.25, 0.3) is 0 Å². The molecule has 0 aromatic carbocycles. The van der Waals surface area contributed by atoms with Crippen LogP contribution in [0.15, 0.2) is 11.6 Å². The third-order valence-electron chi connectivity index (χ3n) is 11.1. The molecule has 5 rings (SSSR count). The molecule has 1 N–H and O–H groups in total. The summed E-state index contributed by atoms with van der Waals surface area (Å²) in [6, 6.07) is 0. The van der Waals surface area contributed by atoms with Gasteiger partial charge in [0.05, 0.1) is 19.3 Å². The number of fused-ring (bicyclic) bond motifs is 6. The van der Waals surface area contributed by atoms with Crippen LogP contribution >= 0.6 is 0 Å². The van der Waals surface area contributed by atoms with Crippen LogP contribution in [-0.4, -0.2) is 44.6 Å². The Kier molecular flexibility index (Phi) is 5.44. The van der Waals surface area contributed by atoms with Crippen molar-refractivity contribution in [2.75, 3.05) is 13.2 Å². The first-order valence-electron chi connectivity index (χ1n) is 13.2. The lowest BCUT2D eigenvalue weighted by Gasteiger charge is -2.60. The molecule has 1 heterocycles. The Hall–Kier alpha value is -0.203. The molecule has 4 aliphatic carbocycles. The van der Waals surface area contributed by atoms with E-state index in [4.69, 9.17) is 13.9 Å². The number of aliphatic hydroxyl groups is 1. The van der Waals surface area contributed by atoms with Gasteiger partial charge >= 0.3 is 0 Å². The van der Waals surface area contributed by atoms with Gasteiger partial charge in [0.2, 0.25) is 0 Å². The zero-order chi connectivity index (χ0) is 23.2. The van der Waals surface area contributed by atoms with E-state index >= 15 is 0 Å². The molecule has 1 spiro atoms. The molecule has 182 valence electrons. The van der Waals surface area contributed by atoms with Crippen LogP contribution in [0.5, 0.6) is 0 Å². The van der Waals surface area contributed by atoms with E-state index in [-0.39, 0.29) is 22.0 Å². The third kappa shape index (κ3) is 3.21. The Morgan fingerprint density at radius 1 is 1.00 bits per heavy atom. The summed E-state index contributed by atoms with van der Waals surface area (Å²) < 4.78 is 19.4. The van der Waals surface area contributed by atoms with Gasteiger partial charge < -0.3 is 19.0 Å². The average Bonchev–Trinajstić information content (AvgIpc) is 3.28. The van der Waals surface area contributed by atoms with E-state index in [0.29, 0.717) is 23.9 Å². The fourth-order valence-corrected chi connectivity index (χ4v) is 9.58. The minimum atomic E-state index is -1.79. The Bertz CT molecular complexity index is 779. The van der Waals surface area contributed by atoms with Gasteiger partial charge in [-0.2, -0.15) is 0 Å².